The van der Waals surface area contributed by atoms with Gasteiger partial charge in [-0.05, 0) is 46.6 Å². The average Bonchev–Trinajstić information content (AvgIpc) is 3.68. The molecule has 4 rings (SSSR count). The van der Waals surface area contributed by atoms with Crippen molar-refractivity contribution in [2.75, 3.05) is 70.4 Å². The lowest BCUT2D eigenvalue weighted by Gasteiger charge is -2.32. The topological polar surface area (TPSA) is 415 Å². The van der Waals surface area contributed by atoms with Crippen LogP contribution in [0.4, 0.5) is 11.8 Å². The highest BCUT2D eigenvalue weighted by molar-refractivity contribution is 5.90. The molecule has 0 saturated carbocycles. The van der Waals surface area contributed by atoms with Crippen LogP contribution >= 0.6 is 0 Å². The lowest BCUT2D eigenvalue weighted by molar-refractivity contribution is -0.142. The third kappa shape index (κ3) is 17.5. The Morgan fingerprint density at radius 2 is 1.40 bits per heavy atom. The molecule has 0 radical (unpaired) electrons. The highest BCUT2D eigenvalue weighted by Crippen LogP contribution is 2.16. The third-order valence-corrected chi connectivity index (χ3v) is 11.1. The molecule has 4 aromatic rings. The Labute approximate surface area is 418 Å². The number of rotatable bonds is 25. The first-order valence-electron chi connectivity index (χ1n) is 23.2. The first-order chi connectivity index (χ1) is 34.1. The van der Waals surface area contributed by atoms with E-state index in [1.165, 1.54) is 46.1 Å². The molecule has 4 aromatic heterocycles. The highest BCUT2D eigenvalue weighted by atomic mass is 16.2. The summed E-state index contributed by atoms with van der Waals surface area (Å²) < 4.78 is 3.28. The van der Waals surface area contributed by atoms with Gasteiger partial charge in [0, 0.05) is 74.7 Å². The number of hydrogen-bond acceptors (Lipinski definition) is 17. The number of guanidine groups is 1. The van der Waals surface area contributed by atoms with Gasteiger partial charge >= 0.3 is 11.4 Å². The number of ketones is 1. The maximum Gasteiger partial charge on any atom is 0.349 e. The van der Waals surface area contributed by atoms with Crippen LogP contribution in [0.5, 0.6) is 0 Å². The van der Waals surface area contributed by atoms with Gasteiger partial charge in [0.15, 0.2) is 22.9 Å². The molecule has 29 heteroatoms. The molecule has 0 bridgehead atoms. The first-order valence-corrected chi connectivity index (χ1v) is 23.2. The van der Waals surface area contributed by atoms with E-state index in [9.17, 15) is 47.9 Å². The molecule has 4 heterocycles. The van der Waals surface area contributed by atoms with E-state index in [1.807, 2.05) is 20.8 Å². The smallest absolute Gasteiger partial charge is 0.349 e. The third-order valence-electron chi connectivity index (χ3n) is 11.1. The predicted octanol–water partition coefficient (Wildman–Crippen LogP) is -4.25. The lowest BCUT2D eigenvalue weighted by atomic mass is 9.90. The summed E-state index contributed by atoms with van der Waals surface area (Å²) in [6, 6.07) is 0.0133. The van der Waals surface area contributed by atoms with E-state index < -0.39 is 89.7 Å². The fourth-order valence-electron chi connectivity index (χ4n) is 7.05. The summed E-state index contributed by atoms with van der Waals surface area (Å²) in [4.78, 5) is 153. The summed E-state index contributed by atoms with van der Waals surface area (Å²) in [6.45, 7) is 9.17. The minimum absolute atomic E-state index is 0.0247. The van der Waals surface area contributed by atoms with Gasteiger partial charge < -0.3 is 57.7 Å². The Hall–Kier alpha value is -8.24. The Morgan fingerprint density at radius 1 is 0.767 bits per heavy atom. The Balaban J connectivity index is 1.61. The van der Waals surface area contributed by atoms with Gasteiger partial charge in [-0.25, -0.2) is 14.6 Å². The minimum atomic E-state index is -1.33. The number of imidazole rings is 1. The predicted molar refractivity (Wildman–Crippen MR) is 268 cm³/mol. The van der Waals surface area contributed by atoms with E-state index in [2.05, 4.69) is 46.2 Å². The van der Waals surface area contributed by atoms with Gasteiger partial charge in [-0.2, -0.15) is 9.97 Å². The van der Waals surface area contributed by atoms with E-state index in [0.717, 1.165) is 14.0 Å². The largest absolute Gasteiger partial charge is 0.383 e. The van der Waals surface area contributed by atoms with Crippen molar-refractivity contribution in [3.63, 3.8) is 0 Å². The quantitative estimate of drug-likeness (QED) is 0.0171. The van der Waals surface area contributed by atoms with Crippen molar-refractivity contribution in [1.29, 1.82) is 5.41 Å². The molecule has 0 unspecified atom stereocenters. The lowest BCUT2D eigenvalue weighted by Crippen LogP contribution is -2.54. The summed E-state index contributed by atoms with van der Waals surface area (Å²) in [5.74, 6) is -4.30. The summed E-state index contributed by atoms with van der Waals surface area (Å²) >= 11 is 0. The number of aromatic nitrogens is 8. The average molecular weight is 1020 g/mol. The molecule has 398 valence electrons. The molecule has 0 spiro atoms. The number of nitrogen functional groups attached to an aromatic ring is 2. The Bertz CT molecular complexity index is 2910. The molecule has 0 aliphatic rings. The van der Waals surface area contributed by atoms with Crippen LogP contribution in [0.2, 0.25) is 0 Å². The number of aromatic amines is 2. The SMILES string of the molecule is Cc1cn(CC(=O)N(CCNC(=O)CN(CCNC(C)(C)C)C(=O)Cn2ccc(N)nc2=O)[C@@H](CCCNC(=N)N)C(=O)NCCN(CC(=O)C(C)(C)C)C(=O)Cn2cnc3c(=O)[nH]c(N)nc32)c(=O)[nH]c1=O. The van der Waals surface area contributed by atoms with Crippen LogP contribution in [0, 0.1) is 17.7 Å². The molecular weight excluding hydrogens is 955 g/mol. The number of carbonyl (C=O) groups is 6. The number of nitrogens with one attached hydrogen (secondary N) is 7. The number of amides is 5. The van der Waals surface area contributed by atoms with Crippen molar-refractivity contribution in [2.45, 2.75) is 92.5 Å². The summed E-state index contributed by atoms with van der Waals surface area (Å²) in [6.07, 6.45) is 3.80. The maximum atomic E-state index is 14.4. The van der Waals surface area contributed by atoms with Crippen molar-refractivity contribution in [2.24, 2.45) is 11.1 Å². The molecule has 73 heavy (non-hydrogen) atoms. The summed E-state index contributed by atoms with van der Waals surface area (Å²) in [5.41, 5.74) is 12.7. The van der Waals surface area contributed by atoms with E-state index in [4.69, 9.17) is 22.6 Å². The Kier molecular flexibility index (Phi) is 19.8. The van der Waals surface area contributed by atoms with E-state index >= 15 is 0 Å². The number of H-pyrrole nitrogens is 2. The number of fused-ring (bicyclic) bond motifs is 1. The number of nitrogens with zero attached hydrogens (tertiary/aromatic N) is 9. The van der Waals surface area contributed by atoms with Crippen LogP contribution < -0.4 is 61.0 Å². The molecule has 0 aliphatic heterocycles. The molecule has 0 fully saturated rings. The fourth-order valence-corrected chi connectivity index (χ4v) is 7.05. The van der Waals surface area contributed by atoms with Crippen LogP contribution in [0.1, 0.15) is 59.9 Å². The van der Waals surface area contributed by atoms with Gasteiger partial charge in [0.2, 0.25) is 35.5 Å². The van der Waals surface area contributed by atoms with Gasteiger partial charge in [-0.1, -0.05) is 20.8 Å². The van der Waals surface area contributed by atoms with Crippen LogP contribution in [0.25, 0.3) is 11.2 Å². The number of carbonyl (C=O) groups excluding carboxylic acids is 6. The number of Topliss-reactive ketones (excluding diaryl/α,β-unsaturated/α-hetero) is 1. The normalized spacial score (nSPS) is 11.9. The summed E-state index contributed by atoms with van der Waals surface area (Å²) in [5, 5.41) is 18.9. The van der Waals surface area contributed by atoms with Crippen molar-refractivity contribution < 1.29 is 28.8 Å². The van der Waals surface area contributed by atoms with E-state index in [0.29, 0.717) is 0 Å². The Morgan fingerprint density at radius 3 is 2.04 bits per heavy atom. The highest BCUT2D eigenvalue weighted by Gasteiger charge is 2.32. The molecule has 29 nitrogen and oxygen atoms in total. The zero-order chi connectivity index (χ0) is 54.4. The van der Waals surface area contributed by atoms with Gasteiger partial charge in [0.1, 0.15) is 31.5 Å². The minimum Gasteiger partial charge on any atom is -0.383 e. The van der Waals surface area contributed by atoms with Crippen LogP contribution in [0.15, 0.2) is 44.0 Å². The van der Waals surface area contributed by atoms with E-state index in [1.54, 1.807) is 20.8 Å². The second-order valence-corrected chi connectivity index (χ2v) is 19.2. The number of anilines is 2. The fraction of sp³-hybridized carbons (Fsp3) is 0.545. The molecular formula is C44H67N19O10. The standard InChI is InChI=1S/C44H67N19O10/c1-26-19-61(42(73)57-36(26)69)24-33(68)63(18-13-49-30(65)21-59(17-14-53-44(5,6)7)31(66)22-60-15-10-29(45)54-41(60)72)27(9-8-11-51-39(46)47)37(70)50-12-16-58(20-28(64)43(2,3)4)32(67)23-62-25-52-34-35(62)55-40(48)56-38(34)71/h10,15,19,25,27,53H,8-9,11-14,16-18,20-24H2,1-7H3,(H,49,65)(H,50,70)(H2,45,54,72)(H4,46,47,51)(H,57,69,73)(H3,48,55,56,71)/t27-/m0/s1. The summed E-state index contributed by atoms with van der Waals surface area (Å²) in [7, 11) is 0. The zero-order valence-corrected chi connectivity index (χ0v) is 42.1. The molecule has 0 aliphatic carbocycles. The maximum absolute atomic E-state index is 14.4. The van der Waals surface area contributed by atoms with Gasteiger partial charge in [0.25, 0.3) is 11.1 Å². The number of hydrogen-bond donors (Lipinski definition) is 10. The molecule has 5 amide bonds. The van der Waals surface area contributed by atoms with E-state index in [-0.39, 0.29) is 111 Å². The van der Waals surface area contributed by atoms with Crippen molar-refractivity contribution in [3.8, 4) is 0 Å². The monoisotopic (exact) mass is 1020 g/mol. The number of nitrogens with two attached hydrogens (primary N) is 3. The van der Waals surface area contributed by atoms with Crippen LogP contribution in [0.3, 0.4) is 0 Å². The van der Waals surface area contributed by atoms with Crippen molar-refractivity contribution >= 4 is 64.2 Å². The second kappa shape index (κ2) is 25.2. The van der Waals surface area contributed by atoms with Crippen LogP contribution in [-0.4, -0.2) is 165 Å². The second-order valence-electron chi connectivity index (χ2n) is 19.2. The first kappa shape index (κ1) is 57.3. The van der Waals surface area contributed by atoms with Gasteiger partial charge in [-0.15, -0.1) is 0 Å². The molecule has 0 aromatic carbocycles. The molecule has 13 N–H and O–H groups in total. The van der Waals surface area contributed by atoms with Gasteiger partial charge in [-0.3, -0.25) is 62.9 Å². The van der Waals surface area contributed by atoms with Crippen molar-refractivity contribution in [1.82, 2.24) is 74.6 Å². The molecule has 0 saturated heterocycles. The van der Waals surface area contributed by atoms with Gasteiger partial charge in [0.05, 0.1) is 19.4 Å². The molecule has 1 atom stereocenters. The number of aryl methyl sites for hydroxylation is 1. The zero-order valence-electron chi connectivity index (χ0n) is 42.1. The van der Waals surface area contributed by atoms with Crippen molar-refractivity contribution in [3.05, 3.63) is 72.0 Å². The van der Waals surface area contributed by atoms with Crippen LogP contribution in [-0.2, 0) is 48.4 Å².